The number of hydrogen-bond donors (Lipinski definition) is 0. The van der Waals surface area contributed by atoms with Crippen LogP contribution in [0.15, 0.2) is 44.9 Å². The maximum Gasteiger partial charge on any atom is 0.332 e. The molecular formula is C21H26N4O2S. The molecule has 0 spiro atoms. The fourth-order valence-electron chi connectivity index (χ4n) is 2.96. The van der Waals surface area contributed by atoms with Crippen molar-refractivity contribution in [3.05, 3.63) is 62.6 Å². The summed E-state index contributed by atoms with van der Waals surface area (Å²) in [6.07, 6.45) is 1.94. The van der Waals surface area contributed by atoms with Crippen molar-refractivity contribution in [3.8, 4) is 0 Å². The van der Waals surface area contributed by atoms with Crippen molar-refractivity contribution in [2.24, 2.45) is 14.1 Å². The Morgan fingerprint density at radius 2 is 1.68 bits per heavy atom. The Balaban J connectivity index is 1.99. The van der Waals surface area contributed by atoms with E-state index in [2.05, 4.69) is 17.1 Å². The summed E-state index contributed by atoms with van der Waals surface area (Å²) in [7, 11) is 3.14. The molecule has 148 valence electrons. The molecule has 0 saturated heterocycles. The summed E-state index contributed by atoms with van der Waals surface area (Å²) in [4.78, 5) is 34.4. The number of thioether (sulfide) groups is 1. The lowest BCUT2D eigenvalue weighted by Gasteiger charge is -2.19. The number of rotatable bonds is 5. The zero-order valence-corrected chi connectivity index (χ0v) is 17.8. The van der Waals surface area contributed by atoms with E-state index in [-0.39, 0.29) is 16.7 Å². The van der Waals surface area contributed by atoms with Gasteiger partial charge >= 0.3 is 5.69 Å². The molecule has 0 aliphatic rings. The number of nitrogens with zero attached hydrogens (tertiary/aromatic N) is 4. The minimum absolute atomic E-state index is 0.287. The van der Waals surface area contributed by atoms with Crippen molar-refractivity contribution >= 4 is 22.8 Å². The molecule has 0 amide bonds. The summed E-state index contributed by atoms with van der Waals surface area (Å²) < 4.78 is 2.55. The normalized spacial score (nSPS) is 11.9. The van der Waals surface area contributed by atoms with Crippen LogP contribution in [0.3, 0.4) is 0 Å². The lowest BCUT2D eigenvalue weighted by Crippen LogP contribution is -2.38. The van der Waals surface area contributed by atoms with Gasteiger partial charge in [-0.1, -0.05) is 51.1 Å². The molecule has 3 aromatic rings. The summed E-state index contributed by atoms with van der Waals surface area (Å²) in [6, 6.07) is 10.3. The first kappa shape index (κ1) is 20.3. The van der Waals surface area contributed by atoms with E-state index in [4.69, 9.17) is 4.98 Å². The zero-order chi connectivity index (χ0) is 20.5. The van der Waals surface area contributed by atoms with Crippen molar-refractivity contribution in [2.75, 3.05) is 5.75 Å². The van der Waals surface area contributed by atoms with E-state index < -0.39 is 0 Å². The van der Waals surface area contributed by atoms with Gasteiger partial charge in [0.1, 0.15) is 16.2 Å². The van der Waals surface area contributed by atoms with E-state index in [9.17, 15) is 9.59 Å². The van der Waals surface area contributed by atoms with Crippen LogP contribution in [0.4, 0.5) is 0 Å². The molecule has 0 bridgehead atoms. The van der Waals surface area contributed by atoms with Crippen LogP contribution in [0.5, 0.6) is 0 Å². The van der Waals surface area contributed by atoms with Crippen molar-refractivity contribution in [1.29, 1.82) is 0 Å². The number of benzene rings is 1. The second kappa shape index (κ2) is 7.91. The molecule has 6 nitrogen and oxygen atoms in total. The maximum absolute atomic E-state index is 12.8. The molecule has 28 heavy (non-hydrogen) atoms. The quantitative estimate of drug-likeness (QED) is 0.375. The van der Waals surface area contributed by atoms with E-state index in [1.807, 2.05) is 39.0 Å². The molecule has 3 rings (SSSR count). The molecule has 1 aromatic carbocycles. The molecule has 2 heterocycles. The third-order valence-corrected chi connectivity index (χ3v) is 5.69. The van der Waals surface area contributed by atoms with E-state index in [1.54, 1.807) is 18.8 Å². The fourth-order valence-corrected chi connectivity index (χ4v) is 3.91. The zero-order valence-electron chi connectivity index (χ0n) is 17.0. The second-order valence-electron chi connectivity index (χ2n) is 7.94. The predicted octanol–water partition coefficient (Wildman–Crippen LogP) is 3.05. The molecule has 0 unspecified atom stereocenters. The van der Waals surface area contributed by atoms with E-state index in [0.29, 0.717) is 21.9 Å². The van der Waals surface area contributed by atoms with Crippen LogP contribution in [0, 0.1) is 0 Å². The van der Waals surface area contributed by atoms with Crippen LogP contribution >= 0.6 is 11.8 Å². The number of aryl methyl sites for hydroxylation is 2. The van der Waals surface area contributed by atoms with Gasteiger partial charge in [0.05, 0.1) is 0 Å². The van der Waals surface area contributed by atoms with Gasteiger partial charge in [0, 0.05) is 19.5 Å². The van der Waals surface area contributed by atoms with Gasteiger partial charge in [0.25, 0.3) is 5.56 Å². The first-order valence-electron chi connectivity index (χ1n) is 9.35. The first-order chi connectivity index (χ1) is 13.2. The molecule has 7 heteroatoms. The van der Waals surface area contributed by atoms with Crippen LogP contribution < -0.4 is 11.2 Å². The Morgan fingerprint density at radius 3 is 2.32 bits per heavy atom. The van der Waals surface area contributed by atoms with Crippen molar-refractivity contribution in [2.45, 2.75) is 44.1 Å². The summed E-state index contributed by atoms with van der Waals surface area (Å²) in [5.74, 6) is 1.46. The highest BCUT2D eigenvalue weighted by atomic mass is 32.2. The Bertz CT molecular complexity index is 1110. The summed E-state index contributed by atoms with van der Waals surface area (Å²) in [5.41, 5.74) is 0.688. The summed E-state index contributed by atoms with van der Waals surface area (Å²) in [6.45, 7) is 6.07. The van der Waals surface area contributed by atoms with Gasteiger partial charge in [0.2, 0.25) is 0 Å². The standard InChI is InChI=1S/C21H26N4O2S/c1-21(2,3)19-22-16-15(18(26)25(5)20(27)24(16)4)17(23-19)28-13-9-12-14-10-7-6-8-11-14/h6-8,10-11H,9,12-13H2,1-5H3. The van der Waals surface area contributed by atoms with Crippen molar-refractivity contribution in [1.82, 2.24) is 19.1 Å². The lowest BCUT2D eigenvalue weighted by molar-refractivity contribution is 0.539. The Kier molecular flexibility index (Phi) is 5.74. The third kappa shape index (κ3) is 4.04. The molecule has 0 fully saturated rings. The minimum Gasteiger partial charge on any atom is -0.280 e. The van der Waals surface area contributed by atoms with Crippen LogP contribution in [0.1, 0.15) is 38.6 Å². The highest BCUT2D eigenvalue weighted by molar-refractivity contribution is 7.99. The highest BCUT2D eigenvalue weighted by Crippen LogP contribution is 2.27. The Labute approximate surface area is 168 Å². The first-order valence-corrected chi connectivity index (χ1v) is 10.3. The van der Waals surface area contributed by atoms with E-state index in [0.717, 1.165) is 23.2 Å². The van der Waals surface area contributed by atoms with E-state index >= 15 is 0 Å². The predicted molar refractivity (Wildman–Crippen MR) is 114 cm³/mol. The van der Waals surface area contributed by atoms with Gasteiger partial charge in [-0.25, -0.2) is 14.8 Å². The van der Waals surface area contributed by atoms with Gasteiger partial charge in [-0.05, 0) is 24.2 Å². The van der Waals surface area contributed by atoms with Crippen molar-refractivity contribution < 1.29 is 0 Å². The van der Waals surface area contributed by atoms with Gasteiger partial charge in [0.15, 0.2) is 5.65 Å². The lowest BCUT2D eigenvalue weighted by atomic mass is 9.96. The van der Waals surface area contributed by atoms with Crippen LogP contribution in [-0.4, -0.2) is 24.9 Å². The minimum atomic E-state index is -0.379. The Hall–Kier alpha value is -2.41. The molecule has 0 aliphatic heterocycles. The van der Waals surface area contributed by atoms with Gasteiger partial charge in [-0.15, -0.1) is 11.8 Å². The fraction of sp³-hybridized carbons (Fsp3) is 0.429. The van der Waals surface area contributed by atoms with Gasteiger partial charge in [-0.3, -0.25) is 13.9 Å². The largest absolute Gasteiger partial charge is 0.332 e. The summed E-state index contributed by atoms with van der Waals surface area (Å²) >= 11 is 1.56. The van der Waals surface area contributed by atoms with Crippen LogP contribution in [0.25, 0.3) is 11.0 Å². The molecule has 0 atom stereocenters. The number of aromatic nitrogens is 4. The van der Waals surface area contributed by atoms with Crippen molar-refractivity contribution in [3.63, 3.8) is 0 Å². The van der Waals surface area contributed by atoms with Crippen LogP contribution in [-0.2, 0) is 25.9 Å². The molecular weight excluding hydrogens is 372 g/mol. The SMILES string of the molecule is Cn1c(=O)c2c(SCCCc3ccccc3)nc(C(C)(C)C)nc2n(C)c1=O. The van der Waals surface area contributed by atoms with Gasteiger partial charge < -0.3 is 0 Å². The Morgan fingerprint density at radius 1 is 1.00 bits per heavy atom. The third-order valence-electron chi connectivity index (χ3n) is 4.63. The number of fused-ring (bicyclic) bond motifs is 1. The molecule has 0 aliphatic carbocycles. The maximum atomic E-state index is 12.8. The average molecular weight is 399 g/mol. The number of hydrogen-bond acceptors (Lipinski definition) is 5. The summed E-state index contributed by atoms with van der Waals surface area (Å²) in [5, 5.41) is 1.07. The average Bonchev–Trinajstić information content (AvgIpc) is 2.67. The molecule has 0 N–H and O–H groups in total. The monoisotopic (exact) mass is 398 g/mol. The second-order valence-corrected chi connectivity index (χ2v) is 9.03. The molecule has 0 radical (unpaired) electrons. The molecule has 0 saturated carbocycles. The smallest absolute Gasteiger partial charge is 0.280 e. The molecule has 2 aromatic heterocycles. The van der Waals surface area contributed by atoms with Crippen LogP contribution in [0.2, 0.25) is 0 Å². The van der Waals surface area contributed by atoms with E-state index in [1.165, 1.54) is 17.2 Å². The van der Waals surface area contributed by atoms with Gasteiger partial charge in [-0.2, -0.15) is 0 Å². The highest BCUT2D eigenvalue weighted by Gasteiger charge is 2.23. The topological polar surface area (TPSA) is 69.8 Å².